The Bertz CT molecular complexity index is 1390. The summed E-state index contributed by atoms with van der Waals surface area (Å²) in [7, 11) is 0. The monoisotopic (exact) mass is 624 g/mol. The van der Waals surface area contributed by atoms with Crippen LogP contribution in [0.1, 0.15) is 45.0 Å². The van der Waals surface area contributed by atoms with Gasteiger partial charge in [-0.15, -0.1) is 11.3 Å². The van der Waals surface area contributed by atoms with Crippen molar-refractivity contribution in [3.05, 3.63) is 68.6 Å². The number of para-hydroxylation sites is 1. The first-order valence-electron chi connectivity index (χ1n) is 13.6. The van der Waals surface area contributed by atoms with Crippen molar-refractivity contribution in [3.63, 3.8) is 0 Å². The van der Waals surface area contributed by atoms with E-state index in [4.69, 9.17) is 0 Å². The number of nitrogens with one attached hydrogen (secondary N) is 2. The Morgan fingerprint density at radius 3 is 2.42 bits per heavy atom. The number of benzene rings is 2. The molecule has 210 valence electrons. The lowest BCUT2D eigenvalue weighted by Gasteiger charge is -2.38. The average Bonchev–Trinajstić information content (AvgIpc) is 3.59. The summed E-state index contributed by atoms with van der Waals surface area (Å²) in [6, 6.07) is 13.9. The van der Waals surface area contributed by atoms with Gasteiger partial charge in [-0.2, -0.15) is 0 Å². The summed E-state index contributed by atoms with van der Waals surface area (Å²) in [5.41, 5.74) is 4.41. The minimum atomic E-state index is -0.316. The standard InChI is InChI=1S/C29H33BrN6O3S/c1-20-6-2-3-7-23(20)34-14-16-35(17-15-34)24-10-9-21(18-22(24)32-28(39)29-33-25(30)19-40-29)27(38)31-11-5-13-36-12-4-8-26(36)37/h2-3,6-7,9-10,18-19H,4-5,8,11-17H2,1H3,(H,31,38)(H,32,39). The summed E-state index contributed by atoms with van der Waals surface area (Å²) in [5.74, 6) is -0.339. The van der Waals surface area contributed by atoms with E-state index in [9.17, 15) is 14.4 Å². The molecule has 2 aliphatic rings. The molecule has 0 spiro atoms. The van der Waals surface area contributed by atoms with Gasteiger partial charge in [-0.05, 0) is 65.5 Å². The Kier molecular flexibility index (Phi) is 9.01. The highest BCUT2D eigenvalue weighted by molar-refractivity contribution is 9.10. The fourth-order valence-corrected chi connectivity index (χ4v) is 6.35. The number of carbonyl (C=O) groups excluding carboxylic acids is 3. The maximum absolute atomic E-state index is 13.0. The number of likely N-dealkylation sites (tertiary alicyclic amines) is 1. The molecule has 0 atom stereocenters. The minimum absolute atomic E-state index is 0.189. The number of halogens is 1. The number of thiazole rings is 1. The quantitative estimate of drug-likeness (QED) is 0.339. The molecular weight excluding hydrogens is 592 g/mol. The highest BCUT2D eigenvalue weighted by Crippen LogP contribution is 2.31. The van der Waals surface area contributed by atoms with Gasteiger partial charge in [0.15, 0.2) is 5.01 Å². The van der Waals surface area contributed by atoms with Crippen LogP contribution in [-0.2, 0) is 4.79 Å². The van der Waals surface area contributed by atoms with Gasteiger partial charge in [0.25, 0.3) is 11.8 Å². The molecule has 3 heterocycles. The smallest absolute Gasteiger partial charge is 0.284 e. The summed E-state index contributed by atoms with van der Waals surface area (Å²) in [5, 5.41) is 8.06. The Balaban J connectivity index is 1.28. The number of amides is 3. The van der Waals surface area contributed by atoms with Crippen LogP contribution in [0.2, 0.25) is 0 Å². The molecule has 11 heteroatoms. The molecular formula is C29H33BrN6O3S. The molecule has 2 aromatic carbocycles. The van der Waals surface area contributed by atoms with Crippen LogP contribution in [0.3, 0.4) is 0 Å². The van der Waals surface area contributed by atoms with Gasteiger partial charge < -0.3 is 25.3 Å². The molecule has 3 amide bonds. The van der Waals surface area contributed by atoms with Crippen molar-refractivity contribution < 1.29 is 14.4 Å². The van der Waals surface area contributed by atoms with E-state index in [1.165, 1.54) is 22.6 Å². The van der Waals surface area contributed by atoms with Crippen molar-refractivity contribution in [1.29, 1.82) is 0 Å². The van der Waals surface area contributed by atoms with Crippen LogP contribution >= 0.6 is 27.3 Å². The molecule has 0 unspecified atom stereocenters. The van der Waals surface area contributed by atoms with Crippen LogP contribution in [0.15, 0.2) is 52.4 Å². The number of rotatable bonds is 9. The number of carbonyl (C=O) groups is 3. The van der Waals surface area contributed by atoms with E-state index in [1.807, 2.05) is 11.0 Å². The Morgan fingerprint density at radius 1 is 1.00 bits per heavy atom. The second-order valence-corrected chi connectivity index (χ2v) is 11.7. The fraction of sp³-hybridized carbons (Fsp3) is 0.379. The van der Waals surface area contributed by atoms with E-state index in [2.05, 4.69) is 72.5 Å². The van der Waals surface area contributed by atoms with Crippen LogP contribution in [0.25, 0.3) is 0 Å². The zero-order chi connectivity index (χ0) is 28.1. The topological polar surface area (TPSA) is 97.9 Å². The number of hydrogen-bond acceptors (Lipinski definition) is 7. The van der Waals surface area contributed by atoms with Crippen LogP contribution in [0.4, 0.5) is 17.1 Å². The third-order valence-corrected chi connectivity index (χ3v) is 8.87. The van der Waals surface area contributed by atoms with Crippen LogP contribution < -0.4 is 20.4 Å². The van der Waals surface area contributed by atoms with Gasteiger partial charge in [-0.25, -0.2) is 4.98 Å². The Labute approximate surface area is 246 Å². The van der Waals surface area contributed by atoms with E-state index in [1.54, 1.807) is 17.5 Å². The van der Waals surface area contributed by atoms with Crippen molar-refractivity contribution >= 4 is 62.1 Å². The number of aromatic nitrogens is 1. The summed E-state index contributed by atoms with van der Waals surface area (Å²) in [6.45, 7) is 7.30. The third kappa shape index (κ3) is 6.64. The Hall–Kier alpha value is -3.44. The molecule has 2 saturated heterocycles. The SMILES string of the molecule is Cc1ccccc1N1CCN(c2ccc(C(=O)NCCCN3CCCC3=O)cc2NC(=O)c2nc(Br)cs2)CC1. The molecule has 3 aromatic rings. The van der Waals surface area contributed by atoms with E-state index >= 15 is 0 Å². The molecule has 0 aliphatic carbocycles. The van der Waals surface area contributed by atoms with Crippen molar-refractivity contribution in [3.8, 4) is 0 Å². The lowest BCUT2D eigenvalue weighted by atomic mass is 10.1. The van der Waals surface area contributed by atoms with Crippen LogP contribution in [0.5, 0.6) is 0 Å². The summed E-state index contributed by atoms with van der Waals surface area (Å²) >= 11 is 4.56. The first kappa shape index (κ1) is 28.1. The number of hydrogen-bond donors (Lipinski definition) is 2. The molecule has 1 aromatic heterocycles. The lowest BCUT2D eigenvalue weighted by molar-refractivity contribution is -0.127. The van der Waals surface area contributed by atoms with Crippen molar-refractivity contribution in [1.82, 2.24) is 15.2 Å². The first-order chi connectivity index (χ1) is 19.4. The number of nitrogens with zero attached hydrogens (tertiary/aromatic N) is 4. The van der Waals surface area contributed by atoms with Gasteiger partial charge in [0.05, 0.1) is 11.4 Å². The van der Waals surface area contributed by atoms with Gasteiger partial charge in [-0.1, -0.05) is 18.2 Å². The Morgan fingerprint density at radius 2 is 1.75 bits per heavy atom. The van der Waals surface area contributed by atoms with Crippen LogP contribution in [0, 0.1) is 6.92 Å². The number of piperazine rings is 1. The predicted octanol–water partition coefficient (Wildman–Crippen LogP) is 4.54. The average molecular weight is 626 g/mol. The fourth-order valence-electron chi connectivity index (χ4n) is 5.21. The summed E-state index contributed by atoms with van der Waals surface area (Å²) in [4.78, 5) is 48.6. The lowest BCUT2D eigenvalue weighted by Crippen LogP contribution is -2.47. The summed E-state index contributed by atoms with van der Waals surface area (Å²) in [6.07, 6.45) is 2.22. The molecule has 0 saturated carbocycles. The van der Waals surface area contributed by atoms with E-state index < -0.39 is 0 Å². The highest BCUT2D eigenvalue weighted by Gasteiger charge is 2.23. The highest BCUT2D eigenvalue weighted by atomic mass is 79.9. The van der Waals surface area contributed by atoms with Crippen molar-refractivity contribution in [2.24, 2.45) is 0 Å². The molecule has 0 bridgehead atoms. The van der Waals surface area contributed by atoms with Gasteiger partial charge in [0, 0.05) is 68.9 Å². The van der Waals surface area contributed by atoms with E-state index in [-0.39, 0.29) is 17.7 Å². The zero-order valence-electron chi connectivity index (χ0n) is 22.5. The molecule has 5 rings (SSSR count). The van der Waals surface area contributed by atoms with Crippen LogP contribution in [-0.4, -0.2) is 73.4 Å². The molecule has 2 N–H and O–H groups in total. The van der Waals surface area contributed by atoms with Gasteiger partial charge in [-0.3, -0.25) is 14.4 Å². The number of anilines is 3. The second kappa shape index (κ2) is 12.8. The minimum Gasteiger partial charge on any atom is -0.368 e. The third-order valence-electron chi connectivity index (χ3n) is 7.32. The van der Waals surface area contributed by atoms with Crippen molar-refractivity contribution in [2.75, 3.05) is 60.9 Å². The van der Waals surface area contributed by atoms with E-state index in [0.29, 0.717) is 46.8 Å². The normalized spacial score (nSPS) is 15.4. The first-order valence-corrected chi connectivity index (χ1v) is 15.2. The predicted molar refractivity (Wildman–Crippen MR) is 163 cm³/mol. The second-order valence-electron chi connectivity index (χ2n) is 10.0. The van der Waals surface area contributed by atoms with Gasteiger partial charge in [0.1, 0.15) is 4.60 Å². The maximum Gasteiger partial charge on any atom is 0.284 e. The molecule has 40 heavy (non-hydrogen) atoms. The maximum atomic E-state index is 13.0. The zero-order valence-corrected chi connectivity index (χ0v) is 24.9. The molecule has 0 radical (unpaired) electrons. The number of aryl methyl sites for hydroxylation is 1. The summed E-state index contributed by atoms with van der Waals surface area (Å²) < 4.78 is 0.610. The molecule has 2 fully saturated rings. The van der Waals surface area contributed by atoms with Crippen molar-refractivity contribution in [2.45, 2.75) is 26.2 Å². The van der Waals surface area contributed by atoms with E-state index in [0.717, 1.165) is 44.8 Å². The molecule has 2 aliphatic heterocycles. The van der Waals surface area contributed by atoms with Gasteiger partial charge in [0.2, 0.25) is 5.91 Å². The van der Waals surface area contributed by atoms with Gasteiger partial charge >= 0.3 is 0 Å². The largest absolute Gasteiger partial charge is 0.368 e. The molecule has 9 nitrogen and oxygen atoms in total.